The van der Waals surface area contributed by atoms with Gasteiger partial charge in [0.2, 0.25) is 5.91 Å². The van der Waals surface area contributed by atoms with Crippen molar-refractivity contribution >= 4 is 34.1 Å². The Hall–Kier alpha value is -2.26. The number of hydrogen-bond donors (Lipinski definition) is 1. The number of nitrogens with zero attached hydrogens (tertiary/aromatic N) is 4. The van der Waals surface area contributed by atoms with Gasteiger partial charge >= 0.3 is 0 Å². The van der Waals surface area contributed by atoms with Crippen LogP contribution in [-0.4, -0.2) is 30.9 Å². The molecule has 0 radical (unpaired) electrons. The molecule has 0 aliphatic heterocycles. The van der Waals surface area contributed by atoms with Crippen molar-refractivity contribution in [2.45, 2.75) is 44.1 Å². The molecule has 0 saturated carbocycles. The van der Waals surface area contributed by atoms with Crippen LogP contribution in [0, 0.1) is 12.7 Å². The minimum absolute atomic E-state index is 0.00831. The van der Waals surface area contributed by atoms with E-state index in [1.807, 2.05) is 30.7 Å². The summed E-state index contributed by atoms with van der Waals surface area (Å²) in [7, 11) is 0. The van der Waals surface area contributed by atoms with E-state index in [0.717, 1.165) is 5.69 Å². The van der Waals surface area contributed by atoms with E-state index in [1.54, 1.807) is 25.1 Å². The number of aromatic nitrogens is 4. The molecular formula is C18H20FN5OS2. The summed E-state index contributed by atoms with van der Waals surface area (Å²) in [6.45, 7) is 7.62. The van der Waals surface area contributed by atoms with Crippen LogP contribution in [0.5, 0.6) is 0 Å². The lowest BCUT2D eigenvalue weighted by Gasteiger charge is -2.16. The molecule has 2 aromatic heterocycles. The van der Waals surface area contributed by atoms with Crippen LogP contribution >= 0.6 is 23.1 Å². The van der Waals surface area contributed by atoms with E-state index >= 15 is 0 Å². The van der Waals surface area contributed by atoms with Crippen molar-refractivity contribution in [1.82, 2.24) is 19.7 Å². The highest BCUT2D eigenvalue weighted by Gasteiger charge is 2.23. The number of thioether (sulfide) groups is 1. The van der Waals surface area contributed by atoms with Gasteiger partial charge in [0.15, 0.2) is 16.1 Å². The third kappa shape index (κ3) is 4.36. The Bertz CT molecular complexity index is 953. The molecule has 0 aliphatic carbocycles. The number of aryl methyl sites for hydroxylation is 1. The highest BCUT2D eigenvalue weighted by molar-refractivity contribution is 8.00. The molecule has 1 amide bonds. The third-order valence-corrected chi connectivity index (χ3v) is 5.73. The molecule has 0 bridgehead atoms. The van der Waals surface area contributed by atoms with Gasteiger partial charge in [0.25, 0.3) is 0 Å². The number of carbonyl (C=O) groups is 1. The van der Waals surface area contributed by atoms with Gasteiger partial charge in [-0.3, -0.25) is 9.36 Å². The van der Waals surface area contributed by atoms with E-state index in [4.69, 9.17) is 0 Å². The van der Waals surface area contributed by atoms with Gasteiger partial charge < -0.3 is 5.32 Å². The number of carbonyl (C=O) groups excluding carboxylic acids is 1. The minimum Gasteiger partial charge on any atom is -0.301 e. The molecule has 0 saturated heterocycles. The highest BCUT2D eigenvalue weighted by Crippen LogP contribution is 2.31. The SMILES string of the molecule is Cc1csc(NC(=O)[C@H](C)Sc2nnc(-c3ccccc3F)n2C(C)C)n1. The van der Waals surface area contributed by atoms with Gasteiger partial charge in [-0.1, -0.05) is 23.9 Å². The summed E-state index contributed by atoms with van der Waals surface area (Å²) in [5.41, 5.74) is 1.26. The maximum absolute atomic E-state index is 14.2. The van der Waals surface area contributed by atoms with Crippen LogP contribution in [-0.2, 0) is 4.79 Å². The molecule has 6 nitrogen and oxygen atoms in total. The first-order valence-electron chi connectivity index (χ1n) is 8.46. The van der Waals surface area contributed by atoms with E-state index in [1.165, 1.54) is 29.2 Å². The molecule has 0 fully saturated rings. The summed E-state index contributed by atoms with van der Waals surface area (Å²) in [5.74, 6) is -0.0675. The normalized spacial score (nSPS) is 12.4. The van der Waals surface area contributed by atoms with Crippen LogP contribution in [0.15, 0.2) is 34.8 Å². The van der Waals surface area contributed by atoms with Gasteiger partial charge in [0, 0.05) is 11.4 Å². The number of thiazole rings is 1. The Balaban J connectivity index is 1.82. The molecular weight excluding hydrogens is 385 g/mol. The van der Waals surface area contributed by atoms with Crippen molar-refractivity contribution in [2.75, 3.05) is 5.32 Å². The molecule has 1 N–H and O–H groups in total. The second-order valence-electron chi connectivity index (χ2n) is 6.29. The third-order valence-electron chi connectivity index (χ3n) is 3.80. The number of rotatable bonds is 6. The second kappa shape index (κ2) is 8.18. The Kier molecular flexibility index (Phi) is 5.91. The fraction of sp³-hybridized carbons (Fsp3) is 0.333. The summed E-state index contributed by atoms with van der Waals surface area (Å²) in [5, 5.41) is 13.8. The fourth-order valence-electron chi connectivity index (χ4n) is 2.48. The average Bonchev–Trinajstić information content (AvgIpc) is 3.21. The summed E-state index contributed by atoms with van der Waals surface area (Å²) >= 11 is 2.67. The van der Waals surface area contributed by atoms with Gasteiger partial charge in [0.05, 0.1) is 16.5 Å². The van der Waals surface area contributed by atoms with Crippen LogP contribution in [0.2, 0.25) is 0 Å². The quantitative estimate of drug-likeness (QED) is 0.609. The van der Waals surface area contributed by atoms with Crippen molar-refractivity contribution in [3.8, 4) is 11.4 Å². The Labute approximate surface area is 165 Å². The van der Waals surface area contributed by atoms with Crippen LogP contribution < -0.4 is 5.32 Å². The van der Waals surface area contributed by atoms with E-state index in [2.05, 4.69) is 20.5 Å². The first kappa shape index (κ1) is 19.5. The van der Waals surface area contributed by atoms with Crippen molar-refractivity contribution in [2.24, 2.45) is 0 Å². The maximum atomic E-state index is 14.2. The predicted octanol–water partition coefficient (Wildman–Crippen LogP) is 4.55. The predicted molar refractivity (Wildman–Crippen MR) is 107 cm³/mol. The molecule has 0 aliphatic rings. The smallest absolute Gasteiger partial charge is 0.239 e. The Morgan fingerprint density at radius 2 is 2.00 bits per heavy atom. The van der Waals surface area contributed by atoms with E-state index in [0.29, 0.717) is 21.7 Å². The summed E-state index contributed by atoms with van der Waals surface area (Å²) in [4.78, 5) is 16.7. The zero-order valence-corrected chi connectivity index (χ0v) is 17.1. The molecule has 27 heavy (non-hydrogen) atoms. The number of hydrogen-bond acceptors (Lipinski definition) is 6. The average molecular weight is 406 g/mol. The zero-order chi connectivity index (χ0) is 19.6. The number of halogens is 1. The number of anilines is 1. The van der Waals surface area contributed by atoms with Crippen LogP contribution in [0.1, 0.15) is 32.5 Å². The Morgan fingerprint density at radius 3 is 2.63 bits per heavy atom. The molecule has 9 heteroatoms. The lowest BCUT2D eigenvalue weighted by molar-refractivity contribution is -0.115. The monoisotopic (exact) mass is 405 g/mol. The van der Waals surface area contributed by atoms with Crippen LogP contribution in [0.3, 0.4) is 0 Å². The van der Waals surface area contributed by atoms with Crippen molar-refractivity contribution < 1.29 is 9.18 Å². The summed E-state index contributed by atoms with van der Waals surface area (Å²) in [6, 6.07) is 6.48. The molecule has 2 heterocycles. The van der Waals surface area contributed by atoms with Gasteiger partial charge in [-0.25, -0.2) is 9.37 Å². The topological polar surface area (TPSA) is 72.7 Å². The van der Waals surface area contributed by atoms with Gasteiger partial charge in [-0.2, -0.15) is 0 Å². The van der Waals surface area contributed by atoms with E-state index in [-0.39, 0.29) is 17.8 Å². The van der Waals surface area contributed by atoms with Crippen molar-refractivity contribution in [3.63, 3.8) is 0 Å². The highest BCUT2D eigenvalue weighted by atomic mass is 32.2. The minimum atomic E-state index is -0.413. The molecule has 0 spiro atoms. The lowest BCUT2D eigenvalue weighted by atomic mass is 10.2. The number of amides is 1. The molecule has 142 valence electrons. The number of nitrogens with one attached hydrogen (secondary N) is 1. The van der Waals surface area contributed by atoms with Crippen molar-refractivity contribution in [3.05, 3.63) is 41.2 Å². The van der Waals surface area contributed by atoms with E-state index < -0.39 is 5.25 Å². The number of benzene rings is 1. The maximum Gasteiger partial charge on any atom is 0.239 e. The van der Waals surface area contributed by atoms with Gasteiger partial charge in [-0.05, 0) is 39.8 Å². The zero-order valence-electron chi connectivity index (χ0n) is 15.4. The second-order valence-corrected chi connectivity index (χ2v) is 8.46. The van der Waals surface area contributed by atoms with E-state index in [9.17, 15) is 9.18 Å². The first-order valence-corrected chi connectivity index (χ1v) is 10.2. The molecule has 1 aromatic carbocycles. The van der Waals surface area contributed by atoms with Crippen LogP contribution in [0.25, 0.3) is 11.4 Å². The largest absolute Gasteiger partial charge is 0.301 e. The van der Waals surface area contributed by atoms with Gasteiger partial charge in [-0.15, -0.1) is 21.5 Å². The molecule has 3 aromatic rings. The van der Waals surface area contributed by atoms with Crippen LogP contribution in [0.4, 0.5) is 9.52 Å². The molecule has 0 unspecified atom stereocenters. The standard InChI is InChI=1S/C18H20FN5OS2/c1-10(2)24-15(13-7-5-6-8-14(13)19)22-23-18(24)27-12(4)16(25)21-17-20-11(3)9-26-17/h5-10,12H,1-4H3,(H,20,21,25)/t12-/m0/s1. The fourth-order valence-corrected chi connectivity index (χ4v) is 4.15. The molecule has 3 rings (SSSR count). The lowest BCUT2D eigenvalue weighted by Crippen LogP contribution is -2.23. The van der Waals surface area contributed by atoms with Crippen molar-refractivity contribution in [1.29, 1.82) is 0 Å². The molecule has 1 atom stereocenters. The summed E-state index contributed by atoms with van der Waals surface area (Å²) in [6.07, 6.45) is 0. The summed E-state index contributed by atoms with van der Waals surface area (Å²) < 4.78 is 16.1. The first-order chi connectivity index (χ1) is 12.9. The van der Waals surface area contributed by atoms with Gasteiger partial charge in [0.1, 0.15) is 5.82 Å². The Morgan fingerprint density at radius 1 is 1.26 bits per heavy atom.